The third-order valence-electron chi connectivity index (χ3n) is 11.3. The molecule has 0 N–H and O–H groups in total. The zero-order valence-electron chi connectivity index (χ0n) is 30.7. The van der Waals surface area contributed by atoms with E-state index >= 15 is 0 Å². The highest BCUT2D eigenvalue weighted by atomic mass is 15.1. The zero-order chi connectivity index (χ0) is 37.0. The van der Waals surface area contributed by atoms with Gasteiger partial charge in [0, 0.05) is 33.2 Å². The summed E-state index contributed by atoms with van der Waals surface area (Å²) in [6.45, 7) is 0. The second-order valence-electron chi connectivity index (χ2n) is 14.5. The number of benzene rings is 10. The van der Waals surface area contributed by atoms with Crippen LogP contribution in [0.2, 0.25) is 0 Å². The van der Waals surface area contributed by atoms with Gasteiger partial charge in [-0.2, -0.15) is 0 Å². The van der Waals surface area contributed by atoms with Crippen LogP contribution in [-0.2, 0) is 0 Å². The minimum atomic E-state index is 1.10. The number of fused-ring (bicyclic) bond motifs is 8. The van der Waals surface area contributed by atoms with E-state index in [1.165, 1.54) is 76.4 Å². The maximum absolute atomic E-state index is 2.45. The molecule has 2 nitrogen and oxygen atoms in total. The summed E-state index contributed by atoms with van der Waals surface area (Å²) in [6, 6.07) is 79.5. The van der Waals surface area contributed by atoms with Crippen molar-refractivity contribution in [1.29, 1.82) is 0 Å². The van der Waals surface area contributed by atoms with E-state index in [-0.39, 0.29) is 0 Å². The average Bonchev–Trinajstić information content (AvgIpc) is 3.63. The molecule has 0 atom stereocenters. The maximum atomic E-state index is 2.45. The van der Waals surface area contributed by atoms with Crippen molar-refractivity contribution in [1.82, 2.24) is 4.57 Å². The topological polar surface area (TPSA) is 8.17 Å². The Bertz CT molecular complexity index is 3250. The number of anilines is 3. The van der Waals surface area contributed by atoms with Crippen LogP contribution in [0.3, 0.4) is 0 Å². The van der Waals surface area contributed by atoms with Gasteiger partial charge in [-0.25, -0.2) is 0 Å². The second-order valence-corrected chi connectivity index (χ2v) is 14.5. The van der Waals surface area contributed by atoms with Crippen LogP contribution >= 0.6 is 0 Å². The average molecular weight is 713 g/mol. The summed E-state index contributed by atoms with van der Waals surface area (Å²) in [4.78, 5) is 2.45. The molecule has 0 saturated heterocycles. The fraction of sp³-hybridized carbons (Fsp3) is 0. The van der Waals surface area contributed by atoms with Crippen LogP contribution in [0.1, 0.15) is 0 Å². The first-order valence-electron chi connectivity index (χ1n) is 19.3. The van der Waals surface area contributed by atoms with Gasteiger partial charge in [0.2, 0.25) is 0 Å². The fourth-order valence-corrected chi connectivity index (χ4v) is 8.84. The van der Waals surface area contributed by atoms with E-state index in [4.69, 9.17) is 0 Å². The lowest BCUT2D eigenvalue weighted by atomic mass is 9.95. The molecule has 11 aromatic rings. The third kappa shape index (κ3) is 5.19. The molecule has 262 valence electrons. The molecule has 0 spiro atoms. The first-order valence-corrected chi connectivity index (χ1v) is 19.3. The first-order chi connectivity index (χ1) is 27.8. The zero-order valence-corrected chi connectivity index (χ0v) is 30.7. The summed E-state index contributed by atoms with van der Waals surface area (Å²) in [6.07, 6.45) is 0. The van der Waals surface area contributed by atoms with Crippen molar-refractivity contribution in [2.45, 2.75) is 0 Å². The van der Waals surface area contributed by atoms with Gasteiger partial charge in [0.05, 0.1) is 16.7 Å². The highest BCUT2D eigenvalue weighted by Crippen LogP contribution is 2.46. The second kappa shape index (κ2) is 13.2. The summed E-state index contributed by atoms with van der Waals surface area (Å²) >= 11 is 0. The van der Waals surface area contributed by atoms with Crippen LogP contribution in [0, 0.1) is 0 Å². The summed E-state index contributed by atoms with van der Waals surface area (Å²) in [5, 5.41) is 9.95. The Morgan fingerprint density at radius 2 is 0.893 bits per heavy atom. The van der Waals surface area contributed by atoms with Crippen LogP contribution < -0.4 is 4.90 Å². The van der Waals surface area contributed by atoms with Gasteiger partial charge in [-0.1, -0.05) is 164 Å². The minimum absolute atomic E-state index is 1.10. The standard InChI is InChI=1S/C54H36N2/c1-3-16-37(17-4-1)39-20-13-24-43(34-39)55(52-36-41-19-8-9-26-45(41)48-28-11-12-29-49(48)52)44-25-14-21-40(35-44)47-30-15-31-50-54(47)53-46-27-10-7-18-38(46)32-33-51(53)56(50)42-22-5-2-6-23-42/h1-36H. The van der Waals surface area contributed by atoms with E-state index in [1.54, 1.807) is 0 Å². The fourth-order valence-electron chi connectivity index (χ4n) is 8.84. The van der Waals surface area contributed by atoms with E-state index in [0.29, 0.717) is 0 Å². The largest absolute Gasteiger partial charge is 0.310 e. The van der Waals surface area contributed by atoms with Crippen LogP contribution in [-0.4, -0.2) is 4.57 Å². The van der Waals surface area contributed by atoms with Crippen molar-refractivity contribution in [2.24, 2.45) is 0 Å². The number of para-hydroxylation sites is 1. The van der Waals surface area contributed by atoms with Gasteiger partial charge >= 0.3 is 0 Å². The Kier molecular flexibility index (Phi) is 7.53. The van der Waals surface area contributed by atoms with Gasteiger partial charge in [0.25, 0.3) is 0 Å². The predicted molar refractivity (Wildman–Crippen MR) is 239 cm³/mol. The highest BCUT2D eigenvalue weighted by Gasteiger charge is 2.21. The van der Waals surface area contributed by atoms with Gasteiger partial charge in [-0.3, -0.25) is 0 Å². The molecule has 1 aromatic heterocycles. The molecule has 0 amide bonds. The monoisotopic (exact) mass is 712 g/mol. The van der Waals surface area contributed by atoms with Crippen LogP contribution in [0.25, 0.3) is 82.1 Å². The van der Waals surface area contributed by atoms with Crippen LogP contribution in [0.5, 0.6) is 0 Å². The summed E-state index contributed by atoms with van der Waals surface area (Å²) in [5.41, 5.74) is 11.7. The number of rotatable bonds is 6. The molecule has 10 aromatic carbocycles. The minimum Gasteiger partial charge on any atom is -0.310 e. The molecule has 11 rings (SSSR count). The van der Waals surface area contributed by atoms with Crippen molar-refractivity contribution in [2.75, 3.05) is 4.90 Å². The Morgan fingerprint density at radius 3 is 1.68 bits per heavy atom. The van der Waals surface area contributed by atoms with E-state index in [2.05, 4.69) is 228 Å². The molecule has 0 aliphatic heterocycles. The Morgan fingerprint density at radius 1 is 0.321 bits per heavy atom. The van der Waals surface area contributed by atoms with Crippen molar-refractivity contribution >= 4 is 71.2 Å². The quantitative estimate of drug-likeness (QED) is 0.156. The molecule has 1 heterocycles. The number of hydrogen-bond donors (Lipinski definition) is 0. The number of nitrogens with zero attached hydrogens (tertiary/aromatic N) is 2. The molecule has 0 radical (unpaired) electrons. The molecule has 0 saturated carbocycles. The number of aromatic nitrogens is 1. The van der Waals surface area contributed by atoms with Crippen molar-refractivity contribution in [3.63, 3.8) is 0 Å². The molecular weight excluding hydrogens is 677 g/mol. The highest BCUT2D eigenvalue weighted by molar-refractivity contribution is 6.25. The van der Waals surface area contributed by atoms with Gasteiger partial charge < -0.3 is 9.47 Å². The van der Waals surface area contributed by atoms with Gasteiger partial charge in [0.15, 0.2) is 0 Å². The van der Waals surface area contributed by atoms with Crippen molar-refractivity contribution in [3.05, 3.63) is 218 Å². The summed E-state index contributed by atoms with van der Waals surface area (Å²) < 4.78 is 2.42. The lowest BCUT2D eigenvalue weighted by molar-refractivity contribution is 1.18. The predicted octanol–water partition coefficient (Wildman–Crippen LogP) is 15.0. The lowest BCUT2D eigenvalue weighted by Gasteiger charge is -2.28. The molecule has 0 fully saturated rings. The molecule has 0 bridgehead atoms. The lowest BCUT2D eigenvalue weighted by Crippen LogP contribution is -2.11. The molecule has 0 aliphatic rings. The normalized spacial score (nSPS) is 11.6. The van der Waals surface area contributed by atoms with Crippen LogP contribution in [0.4, 0.5) is 17.1 Å². The summed E-state index contributed by atoms with van der Waals surface area (Å²) in [5.74, 6) is 0. The molecule has 0 aliphatic carbocycles. The van der Waals surface area contributed by atoms with E-state index in [9.17, 15) is 0 Å². The SMILES string of the molecule is c1ccc(-c2cccc(N(c3cccc(-c4cccc5c4c4c6ccccc6ccc4n5-c4ccccc4)c3)c3cc4ccccc4c4ccccc34)c2)cc1. The van der Waals surface area contributed by atoms with Crippen molar-refractivity contribution in [3.8, 4) is 27.9 Å². The van der Waals surface area contributed by atoms with Gasteiger partial charge in [-0.15, -0.1) is 0 Å². The molecular formula is C54H36N2. The van der Waals surface area contributed by atoms with Gasteiger partial charge in [-0.05, 0) is 104 Å². The van der Waals surface area contributed by atoms with Gasteiger partial charge in [0.1, 0.15) is 0 Å². The first kappa shape index (κ1) is 32.0. The number of hydrogen-bond acceptors (Lipinski definition) is 1. The van der Waals surface area contributed by atoms with Crippen LogP contribution in [0.15, 0.2) is 218 Å². The Labute approximate surface area is 325 Å². The molecule has 56 heavy (non-hydrogen) atoms. The smallest absolute Gasteiger partial charge is 0.0547 e. The molecule has 2 heteroatoms. The Hall–Kier alpha value is -7.42. The van der Waals surface area contributed by atoms with Crippen molar-refractivity contribution < 1.29 is 0 Å². The third-order valence-corrected chi connectivity index (χ3v) is 11.3. The summed E-state index contributed by atoms with van der Waals surface area (Å²) in [7, 11) is 0. The van der Waals surface area contributed by atoms with E-state index in [0.717, 1.165) is 22.7 Å². The molecule has 0 unspecified atom stereocenters. The Balaban J connectivity index is 1.19. The maximum Gasteiger partial charge on any atom is 0.0547 e. The van der Waals surface area contributed by atoms with E-state index < -0.39 is 0 Å². The van der Waals surface area contributed by atoms with E-state index in [1.807, 2.05) is 0 Å².